The lowest BCUT2D eigenvalue weighted by Crippen LogP contribution is -2.08. The zero-order chi connectivity index (χ0) is 18.8. The van der Waals surface area contributed by atoms with E-state index in [2.05, 4.69) is 16.0 Å². The molecule has 3 N–H and O–H groups in total. The number of phenolic OH excluding ortho intramolecular Hbond substituents is 1. The number of nitrogens with two attached hydrogens (primary N) is 1. The van der Waals surface area contributed by atoms with E-state index in [1.54, 1.807) is 12.1 Å². The third kappa shape index (κ3) is 3.25. The summed E-state index contributed by atoms with van der Waals surface area (Å²) < 4.78 is 0. The van der Waals surface area contributed by atoms with Gasteiger partial charge in [0.1, 0.15) is 23.2 Å². The Morgan fingerprint density at radius 3 is 2.62 bits per heavy atom. The molecular weight excluding hydrogens is 350 g/mol. The van der Waals surface area contributed by atoms with Gasteiger partial charge in [0.2, 0.25) is 0 Å². The van der Waals surface area contributed by atoms with Crippen molar-refractivity contribution in [3.05, 3.63) is 53.1 Å². The van der Waals surface area contributed by atoms with Gasteiger partial charge in [-0.15, -0.1) is 0 Å². The van der Waals surface area contributed by atoms with Crippen molar-refractivity contribution >= 4 is 23.1 Å². The number of nitrogens with zero attached hydrogens (tertiary/aromatic N) is 4. The Morgan fingerprint density at radius 2 is 1.92 bits per heavy atom. The summed E-state index contributed by atoms with van der Waals surface area (Å²) in [5, 5.41) is 20.1. The fourth-order valence-electron chi connectivity index (χ4n) is 2.54. The molecule has 6 nitrogen and oxygen atoms in total. The summed E-state index contributed by atoms with van der Waals surface area (Å²) >= 11 is 6.02. The van der Waals surface area contributed by atoms with Crippen molar-refractivity contribution in [1.29, 1.82) is 5.26 Å². The van der Waals surface area contributed by atoms with Crippen LogP contribution in [0.1, 0.15) is 5.56 Å². The molecule has 1 aromatic heterocycles. The minimum atomic E-state index is -0.0218. The molecule has 26 heavy (non-hydrogen) atoms. The van der Waals surface area contributed by atoms with Crippen LogP contribution in [-0.4, -0.2) is 29.2 Å². The highest BCUT2D eigenvalue weighted by atomic mass is 35.5. The largest absolute Gasteiger partial charge is 0.507 e. The van der Waals surface area contributed by atoms with Gasteiger partial charge in [-0.3, -0.25) is 0 Å². The fourth-order valence-corrected chi connectivity index (χ4v) is 2.71. The van der Waals surface area contributed by atoms with Crippen LogP contribution in [0.2, 0.25) is 5.02 Å². The smallest absolute Gasteiger partial charge is 0.166 e. The number of rotatable bonds is 3. The molecule has 0 aliphatic rings. The summed E-state index contributed by atoms with van der Waals surface area (Å²) in [7, 11) is 3.85. The zero-order valence-electron chi connectivity index (χ0n) is 14.2. The highest BCUT2D eigenvalue weighted by Crippen LogP contribution is 2.34. The Hall–Kier alpha value is -3.30. The van der Waals surface area contributed by atoms with Gasteiger partial charge in [0, 0.05) is 30.4 Å². The van der Waals surface area contributed by atoms with Gasteiger partial charge in [0.25, 0.3) is 0 Å². The lowest BCUT2D eigenvalue weighted by atomic mass is 10.0. The van der Waals surface area contributed by atoms with E-state index >= 15 is 0 Å². The Bertz CT molecular complexity index is 1030. The number of aromatic hydroxyl groups is 1. The minimum absolute atomic E-state index is 0.0218. The van der Waals surface area contributed by atoms with Crippen LogP contribution < -0.4 is 10.6 Å². The van der Waals surface area contributed by atoms with Crippen molar-refractivity contribution in [3.8, 4) is 34.5 Å². The Balaban J connectivity index is 2.25. The first-order valence-electron chi connectivity index (χ1n) is 7.75. The topological polar surface area (TPSA) is 99.1 Å². The first-order chi connectivity index (χ1) is 12.4. The quantitative estimate of drug-likeness (QED) is 0.734. The molecule has 3 rings (SSSR count). The van der Waals surface area contributed by atoms with Gasteiger partial charge in [0.05, 0.1) is 11.3 Å². The number of hydrogen-bond acceptors (Lipinski definition) is 6. The average Bonchev–Trinajstić information content (AvgIpc) is 2.63. The normalized spacial score (nSPS) is 10.4. The van der Waals surface area contributed by atoms with Gasteiger partial charge >= 0.3 is 0 Å². The number of halogens is 1. The summed E-state index contributed by atoms with van der Waals surface area (Å²) in [6, 6.07) is 14.2. The molecule has 3 aromatic rings. The highest BCUT2D eigenvalue weighted by molar-refractivity contribution is 6.30. The lowest BCUT2D eigenvalue weighted by Gasteiger charge is -2.15. The Morgan fingerprint density at radius 1 is 1.15 bits per heavy atom. The average molecular weight is 366 g/mol. The summed E-state index contributed by atoms with van der Waals surface area (Å²) in [6.45, 7) is 0. The summed E-state index contributed by atoms with van der Waals surface area (Å²) in [4.78, 5) is 10.6. The number of benzene rings is 2. The number of hydrogen-bond donors (Lipinski definition) is 2. The number of nitrogen functional groups attached to an aromatic ring is 1. The van der Waals surface area contributed by atoms with Crippen LogP contribution in [-0.2, 0) is 0 Å². The van der Waals surface area contributed by atoms with Crippen LogP contribution in [0.5, 0.6) is 5.75 Å². The molecule has 0 saturated heterocycles. The van der Waals surface area contributed by atoms with E-state index < -0.39 is 0 Å². The molecule has 2 aromatic carbocycles. The number of anilines is 2. The van der Waals surface area contributed by atoms with Gasteiger partial charge in [-0.25, -0.2) is 9.97 Å². The maximum atomic E-state index is 10.1. The van der Waals surface area contributed by atoms with Crippen molar-refractivity contribution in [2.24, 2.45) is 0 Å². The van der Waals surface area contributed by atoms with Gasteiger partial charge < -0.3 is 15.7 Å². The van der Waals surface area contributed by atoms with Crippen molar-refractivity contribution in [3.63, 3.8) is 0 Å². The van der Waals surface area contributed by atoms with Gasteiger partial charge in [0.15, 0.2) is 5.82 Å². The molecule has 0 atom stereocenters. The number of phenols is 1. The SMILES string of the molecule is CN(C)c1cccc(-c2nc(-c3cc(Cl)ccc3O)nc(N)c2C#N)c1. The molecule has 0 spiro atoms. The maximum absolute atomic E-state index is 10.1. The van der Waals surface area contributed by atoms with E-state index in [-0.39, 0.29) is 23.0 Å². The van der Waals surface area contributed by atoms with E-state index in [0.29, 0.717) is 16.3 Å². The van der Waals surface area contributed by atoms with Crippen LogP contribution in [0.3, 0.4) is 0 Å². The van der Waals surface area contributed by atoms with Gasteiger partial charge in [-0.05, 0) is 30.3 Å². The van der Waals surface area contributed by atoms with E-state index in [0.717, 1.165) is 11.3 Å². The van der Waals surface area contributed by atoms with Crippen LogP contribution in [0.4, 0.5) is 11.5 Å². The fraction of sp³-hybridized carbons (Fsp3) is 0.105. The molecule has 0 aliphatic heterocycles. The molecular formula is C19H16ClN5O. The minimum Gasteiger partial charge on any atom is -0.507 e. The molecule has 0 saturated carbocycles. The Labute approximate surface area is 156 Å². The van der Waals surface area contributed by atoms with E-state index in [9.17, 15) is 10.4 Å². The third-order valence-corrected chi connectivity index (χ3v) is 4.12. The molecule has 0 amide bonds. The lowest BCUT2D eigenvalue weighted by molar-refractivity contribution is 0.477. The first-order valence-corrected chi connectivity index (χ1v) is 8.12. The number of nitriles is 1. The van der Waals surface area contributed by atoms with Crippen LogP contribution in [0.25, 0.3) is 22.6 Å². The zero-order valence-corrected chi connectivity index (χ0v) is 15.0. The monoisotopic (exact) mass is 365 g/mol. The molecule has 0 radical (unpaired) electrons. The molecule has 7 heteroatoms. The Kier molecular flexibility index (Phi) is 4.65. The van der Waals surface area contributed by atoms with Crippen LogP contribution >= 0.6 is 11.6 Å². The second-order valence-corrected chi connectivity index (χ2v) is 6.31. The third-order valence-electron chi connectivity index (χ3n) is 3.88. The molecule has 1 heterocycles. The molecule has 130 valence electrons. The van der Waals surface area contributed by atoms with E-state index in [1.165, 1.54) is 6.07 Å². The van der Waals surface area contributed by atoms with Crippen LogP contribution in [0, 0.1) is 11.3 Å². The summed E-state index contributed by atoms with van der Waals surface area (Å²) in [5.74, 6) is 0.223. The van der Waals surface area contributed by atoms with Crippen molar-refractivity contribution in [2.75, 3.05) is 24.7 Å². The maximum Gasteiger partial charge on any atom is 0.166 e. The van der Waals surface area contributed by atoms with E-state index in [4.69, 9.17) is 17.3 Å². The van der Waals surface area contributed by atoms with Crippen LogP contribution in [0.15, 0.2) is 42.5 Å². The highest BCUT2D eigenvalue weighted by Gasteiger charge is 2.17. The molecule has 0 unspecified atom stereocenters. The van der Waals surface area contributed by atoms with Crippen molar-refractivity contribution < 1.29 is 5.11 Å². The summed E-state index contributed by atoms with van der Waals surface area (Å²) in [6.07, 6.45) is 0. The predicted molar refractivity (Wildman–Crippen MR) is 103 cm³/mol. The second kappa shape index (κ2) is 6.90. The first kappa shape index (κ1) is 17.5. The standard InChI is InChI=1S/C19H16ClN5O/c1-25(2)13-5-3-4-11(8-13)17-15(10-21)18(22)24-19(23-17)14-9-12(20)6-7-16(14)26/h3-9,26H,1-2H3,(H2,22,23,24). The molecule has 0 bridgehead atoms. The number of aromatic nitrogens is 2. The van der Waals surface area contributed by atoms with Gasteiger partial charge in [-0.1, -0.05) is 23.7 Å². The molecule has 0 aliphatic carbocycles. The van der Waals surface area contributed by atoms with Crippen molar-refractivity contribution in [2.45, 2.75) is 0 Å². The van der Waals surface area contributed by atoms with Gasteiger partial charge in [-0.2, -0.15) is 5.26 Å². The predicted octanol–water partition coefficient (Wildman–Crippen LogP) is 3.69. The molecule has 0 fully saturated rings. The summed E-state index contributed by atoms with van der Waals surface area (Å²) in [5.41, 5.74) is 8.61. The van der Waals surface area contributed by atoms with Crippen molar-refractivity contribution in [1.82, 2.24) is 9.97 Å². The van der Waals surface area contributed by atoms with E-state index in [1.807, 2.05) is 43.3 Å². The second-order valence-electron chi connectivity index (χ2n) is 5.87.